The quantitative estimate of drug-likeness (QED) is 0.778. The van der Waals surface area contributed by atoms with E-state index in [0.717, 1.165) is 18.6 Å². The Morgan fingerprint density at radius 2 is 1.81 bits per heavy atom. The van der Waals surface area contributed by atoms with Crippen LogP contribution in [0.4, 0.5) is 8.78 Å². The van der Waals surface area contributed by atoms with Gasteiger partial charge < -0.3 is 5.11 Å². The fourth-order valence-corrected chi connectivity index (χ4v) is 2.55. The smallest absolute Gasteiger partial charge is 0.159 e. The van der Waals surface area contributed by atoms with Gasteiger partial charge in [0.25, 0.3) is 0 Å². The van der Waals surface area contributed by atoms with Crippen LogP contribution in [0.3, 0.4) is 0 Å². The average molecular weight is 226 g/mol. The maximum Gasteiger partial charge on any atom is 0.159 e. The van der Waals surface area contributed by atoms with E-state index in [9.17, 15) is 13.9 Å². The molecule has 1 N–H and O–H groups in total. The van der Waals surface area contributed by atoms with Crippen molar-refractivity contribution >= 4 is 0 Å². The lowest BCUT2D eigenvalue weighted by atomic mass is 9.86. The van der Waals surface area contributed by atoms with Gasteiger partial charge in [0.15, 0.2) is 11.6 Å². The minimum atomic E-state index is -1.00. The molecule has 1 fully saturated rings. The summed E-state index contributed by atoms with van der Waals surface area (Å²) < 4.78 is 25.9. The van der Waals surface area contributed by atoms with Crippen molar-refractivity contribution < 1.29 is 13.9 Å². The molecule has 3 heteroatoms. The number of benzene rings is 1. The molecule has 0 spiro atoms. The zero-order chi connectivity index (χ0) is 12.0. The van der Waals surface area contributed by atoms with Gasteiger partial charge in [-0.3, -0.25) is 0 Å². The first kappa shape index (κ1) is 11.5. The monoisotopic (exact) mass is 226 g/mol. The summed E-state index contributed by atoms with van der Waals surface area (Å²) in [5.41, 5.74) is -0.463. The molecular weight excluding hydrogens is 210 g/mol. The van der Waals surface area contributed by atoms with Gasteiger partial charge in [-0.1, -0.05) is 19.9 Å². The van der Waals surface area contributed by atoms with Gasteiger partial charge in [0, 0.05) is 0 Å². The first-order valence-corrected chi connectivity index (χ1v) is 5.50. The molecule has 1 unspecified atom stereocenters. The second-order valence-corrected chi connectivity index (χ2v) is 5.50. The molecule has 0 aromatic heterocycles. The lowest BCUT2D eigenvalue weighted by Crippen LogP contribution is -2.23. The Hall–Kier alpha value is -0.960. The fourth-order valence-electron chi connectivity index (χ4n) is 2.55. The molecule has 1 aromatic rings. The normalized spacial score (nSPS) is 28.3. The highest BCUT2D eigenvalue weighted by Crippen LogP contribution is 2.48. The molecule has 0 heterocycles. The Labute approximate surface area is 94.1 Å². The van der Waals surface area contributed by atoms with Crippen LogP contribution in [0.15, 0.2) is 18.2 Å². The molecular formula is C13H16F2O. The van der Waals surface area contributed by atoms with Crippen molar-refractivity contribution in [2.75, 3.05) is 0 Å². The molecule has 1 aliphatic rings. The Morgan fingerprint density at radius 1 is 1.12 bits per heavy atom. The van der Waals surface area contributed by atoms with E-state index in [2.05, 4.69) is 13.8 Å². The van der Waals surface area contributed by atoms with Crippen molar-refractivity contribution in [2.45, 2.75) is 38.7 Å². The van der Waals surface area contributed by atoms with Crippen LogP contribution in [0, 0.1) is 17.0 Å². The maximum absolute atomic E-state index is 13.1. The van der Waals surface area contributed by atoms with Crippen LogP contribution >= 0.6 is 0 Å². The predicted molar refractivity (Wildman–Crippen MR) is 57.9 cm³/mol. The van der Waals surface area contributed by atoms with Crippen molar-refractivity contribution in [3.05, 3.63) is 35.4 Å². The third-order valence-electron chi connectivity index (χ3n) is 3.44. The van der Waals surface area contributed by atoms with E-state index in [1.54, 1.807) is 0 Å². The fraction of sp³-hybridized carbons (Fsp3) is 0.538. The third kappa shape index (κ3) is 1.96. The van der Waals surface area contributed by atoms with Gasteiger partial charge in [-0.15, -0.1) is 0 Å². The molecule has 1 atom stereocenters. The molecule has 0 bridgehead atoms. The predicted octanol–water partition coefficient (Wildman–Crippen LogP) is 3.36. The number of aliphatic hydroxyl groups is 1. The van der Waals surface area contributed by atoms with Crippen LogP contribution in [-0.2, 0) is 5.60 Å². The van der Waals surface area contributed by atoms with Crippen LogP contribution in [0.1, 0.15) is 38.7 Å². The summed E-state index contributed by atoms with van der Waals surface area (Å²) in [6.07, 6.45) is 2.08. The van der Waals surface area contributed by atoms with Gasteiger partial charge in [0.1, 0.15) is 0 Å². The van der Waals surface area contributed by atoms with E-state index in [-0.39, 0.29) is 5.41 Å². The van der Waals surface area contributed by atoms with Crippen LogP contribution in [0.2, 0.25) is 0 Å². The van der Waals surface area contributed by atoms with Gasteiger partial charge >= 0.3 is 0 Å². The summed E-state index contributed by atoms with van der Waals surface area (Å²) in [6, 6.07) is 3.66. The molecule has 16 heavy (non-hydrogen) atoms. The molecule has 0 amide bonds. The third-order valence-corrected chi connectivity index (χ3v) is 3.44. The Bertz CT molecular complexity index is 414. The van der Waals surface area contributed by atoms with Gasteiger partial charge in [0.05, 0.1) is 5.60 Å². The molecule has 2 rings (SSSR count). The Kier molecular flexibility index (Phi) is 2.54. The second-order valence-electron chi connectivity index (χ2n) is 5.50. The highest BCUT2D eigenvalue weighted by Gasteiger charge is 2.43. The molecule has 0 radical (unpaired) electrons. The van der Waals surface area contributed by atoms with Gasteiger partial charge in [-0.2, -0.15) is 0 Å². The minimum absolute atomic E-state index is 0.0552. The summed E-state index contributed by atoms with van der Waals surface area (Å²) in [6.45, 7) is 4.15. The van der Waals surface area contributed by atoms with Crippen molar-refractivity contribution in [3.8, 4) is 0 Å². The molecule has 0 saturated heterocycles. The molecule has 1 aliphatic carbocycles. The van der Waals surface area contributed by atoms with E-state index in [1.807, 2.05) is 0 Å². The molecule has 1 nitrogen and oxygen atoms in total. The van der Waals surface area contributed by atoms with Gasteiger partial charge in [-0.05, 0) is 42.4 Å². The number of halogens is 2. The number of rotatable bonds is 1. The molecule has 0 aliphatic heterocycles. The van der Waals surface area contributed by atoms with Gasteiger partial charge in [0.2, 0.25) is 0 Å². The maximum atomic E-state index is 13.1. The van der Waals surface area contributed by atoms with E-state index >= 15 is 0 Å². The summed E-state index contributed by atoms with van der Waals surface area (Å²) in [5, 5.41) is 10.4. The average Bonchev–Trinajstić information content (AvgIpc) is 2.47. The van der Waals surface area contributed by atoms with E-state index < -0.39 is 17.2 Å². The standard InChI is InChI=1S/C13H16F2O/c1-12(2)5-6-13(16,8-12)9-3-4-10(14)11(15)7-9/h3-4,7,16H,5-6,8H2,1-2H3. The topological polar surface area (TPSA) is 20.2 Å². The van der Waals surface area contributed by atoms with E-state index in [1.165, 1.54) is 6.07 Å². The summed E-state index contributed by atoms with van der Waals surface area (Å²) in [5.74, 6) is -1.76. The van der Waals surface area contributed by atoms with E-state index in [4.69, 9.17) is 0 Å². The lowest BCUT2D eigenvalue weighted by Gasteiger charge is -2.25. The Balaban J connectivity index is 2.34. The van der Waals surface area contributed by atoms with Crippen molar-refractivity contribution in [2.24, 2.45) is 5.41 Å². The van der Waals surface area contributed by atoms with Crippen LogP contribution < -0.4 is 0 Å². The van der Waals surface area contributed by atoms with E-state index in [0.29, 0.717) is 18.4 Å². The first-order valence-electron chi connectivity index (χ1n) is 5.50. The summed E-state index contributed by atoms with van der Waals surface area (Å²) >= 11 is 0. The van der Waals surface area contributed by atoms with Crippen molar-refractivity contribution in [3.63, 3.8) is 0 Å². The summed E-state index contributed by atoms with van der Waals surface area (Å²) in [7, 11) is 0. The highest BCUT2D eigenvalue weighted by atomic mass is 19.2. The largest absolute Gasteiger partial charge is 0.385 e. The highest BCUT2D eigenvalue weighted by molar-refractivity contribution is 5.26. The van der Waals surface area contributed by atoms with Gasteiger partial charge in [-0.25, -0.2) is 8.78 Å². The number of hydrogen-bond donors (Lipinski definition) is 1. The minimum Gasteiger partial charge on any atom is -0.385 e. The zero-order valence-corrected chi connectivity index (χ0v) is 9.56. The van der Waals surface area contributed by atoms with Crippen LogP contribution in [0.5, 0.6) is 0 Å². The van der Waals surface area contributed by atoms with Crippen molar-refractivity contribution in [1.29, 1.82) is 0 Å². The number of hydrogen-bond acceptors (Lipinski definition) is 1. The molecule has 1 aromatic carbocycles. The molecule has 1 saturated carbocycles. The van der Waals surface area contributed by atoms with Crippen LogP contribution in [0.25, 0.3) is 0 Å². The van der Waals surface area contributed by atoms with Crippen molar-refractivity contribution in [1.82, 2.24) is 0 Å². The molecule has 88 valence electrons. The van der Waals surface area contributed by atoms with Crippen LogP contribution in [-0.4, -0.2) is 5.11 Å². The zero-order valence-electron chi connectivity index (χ0n) is 9.56. The SMILES string of the molecule is CC1(C)CCC(O)(c2ccc(F)c(F)c2)C1. The summed E-state index contributed by atoms with van der Waals surface area (Å²) in [4.78, 5) is 0. The Morgan fingerprint density at radius 3 is 2.31 bits per heavy atom. The first-order chi connectivity index (χ1) is 7.32. The second kappa shape index (κ2) is 3.52. The lowest BCUT2D eigenvalue weighted by molar-refractivity contribution is 0.0334.